The highest BCUT2D eigenvalue weighted by molar-refractivity contribution is 5.91. The van der Waals surface area contributed by atoms with Gasteiger partial charge in [0.1, 0.15) is 18.3 Å². The maximum atomic E-state index is 12.5. The summed E-state index contributed by atoms with van der Waals surface area (Å²) in [5.74, 6) is -2.37. The Hall–Kier alpha value is -2.41. The average Bonchev–Trinajstić information content (AvgIpc) is 2.92. The van der Waals surface area contributed by atoms with Crippen molar-refractivity contribution in [1.82, 2.24) is 0 Å². The lowest BCUT2D eigenvalue weighted by Crippen LogP contribution is -2.35. The number of hydrogen-bond acceptors (Lipinski definition) is 7. The van der Waals surface area contributed by atoms with Crippen molar-refractivity contribution in [1.29, 1.82) is 0 Å². The summed E-state index contributed by atoms with van der Waals surface area (Å²) < 4.78 is 16.5. The second kappa shape index (κ2) is 9.39. The molecule has 1 N–H and O–H groups in total. The van der Waals surface area contributed by atoms with E-state index in [9.17, 15) is 19.5 Å². The van der Waals surface area contributed by atoms with E-state index in [0.717, 1.165) is 0 Å². The van der Waals surface area contributed by atoms with E-state index in [1.54, 1.807) is 32.9 Å². The van der Waals surface area contributed by atoms with Crippen molar-refractivity contribution >= 4 is 17.9 Å². The van der Waals surface area contributed by atoms with E-state index < -0.39 is 48.2 Å². The smallest absolute Gasteiger partial charge is 0.334 e. The Labute approximate surface area is 171 Å². The first-order valence-electron chi connectivity index (χ1n) is 9.87. The fourth-order valence-electron chi connectivity index (χ4n) is 3.41. The van der Waals surface area contributed by atoms with Crippen LogP contribution in [-0.4, -0.2) is 47.4 Å². The van der Waals surface area contributed by atoms with Gasteiger partial charge in [0, 0.05) is 18.9 Å². The molecular weight excluding hydrogens is 376 g/mol. The van der Waals surface area contributed by atoms with Crippen LogP contribution < -0.4 is 0 Å². The second-order valence-electron chi connectivity index (χ2n) is 7.80. The molecule has 0 aromatic heterocycles. The van der Waals surface area contributed by atoms with E-state index in [1.807, 2.05) is 6.92 Å². The second-order valence-corrected chi connectivity index (χ2v) is 7.80. The third-order valence-electron chi connectivity index (χ3n) is 5.52. The summed E-state index contributed by atoms with van der Waals surface area (Å²) in [7, 11) is 0. The summed E-state index contributed by atoms with van der Waals surface area (Å²) in [6.45, 7) is 12.2. The summed E-state index contributed by atoms with van der Waals surface area (Å²) in [6, 6.07) is 0. The zero-order valence-corrected chi connectivity index (χ0v) is 17.6. The number of hydrogen-bond donors (Lipinski definition) is 1. The normalized spacial score (nSPS) is 34.6. The van der Waals surface area contributed by atoms with Gasteiger partial charge in [0.25, 0.3) is 0 Å². The van der Waals surface area contributed by atoms with Gasteiger partial charge in [-0.15, -0.1) is 0 Å². The number of carbonyl (C=O) groups excluding carboxylic acids is 3. The fourth-order valence-corrected chi connectivity index (χ4v) is 3.41. The molecule has 6 atom stereocenters. The highest BCUT2D eigenvalue weighted by atomic mass is 16.6. The lowest BCUT2D eigenvalue weighted by atomic mass is 9.85. The van der Waals surface area contributed by atoms with E-state index in [0.29, 0.717) is 17.6 Å². The summed E-state index contributed by atoms with van der Waals surface area (Å²) in [6.07, 6.45) is 0.946. The number of rotatable bonds is 4. The van der Waals surface area contributed by atoms with Crippen LogP contribution in [0.15, 0.2) is 35.5 Å². The molecule has 29 heavy (non-hydrogen) atoms. The van der Waals surface area contributed by atoms with Crippen LogP contribution >= 0.6 is 0 Å². The Morgan fingerprint density at radius 3 is 2.52 bits per heavy atom. The SMILES string of the molecule is C=C1C(=O)OC2/C=C(/C)C(OC(C)=O)CC(O)/C(C)=C\C(OC(=O)C(C)CC)C12. The van der Waals surface area contributed by atoms with Gasteiger partial charge in [-0.05, 0) is 43.6 Å². The molecule has 0 amide bonds. The Bertz CT molecular complexity index is 748. The van der Waals surface area contributed by atoms with Crippen molar-refractivity contribution in [2.75, 3.05) is 0 Å². The van der Waals surface area contributed by atoms with Crippen LogP contribution in [0, 0.1) is 11.8 Å². The minimum atomic E-state index is -0.921. The number of fused-ring (bicyclic) bond motifs is 1. The van der Waals surface area contributed by atoms with Gasteiger partial charge in [0.05, 0.1) is 17.9 Å². The number of aliphatic hydroxyl groups is 1. The summed E-state index contributed by atoms with van der Waals surface area (Å²) in [5.41, 5.74) is 1.38. The molecule has 7 heteroatoms. The molecule has 0 aromatic rings. The predicted molar refractivity (Wildman–Crippen MR) is 106 cm³/mol. The van der Waals surface area contributed by atoms with E-state index in [4.69, 9.17) is 14.2 Å². The van der Waals surface area contributed by atoms with Crippen LogP contribution in [-0.2, 0) is 28.6 Å². The van der Waals surface area contributed by atoms with Gasteiger partial charge < -0.3 is 19.3 Å². The molecule has 6 unspecified atom stereocenters. The van der Waals surface area contributed by atoms with Crippen LogP contribution in [0.3, 0.4) is 0 Å². The molecule has 1 aliphatic carbocycles. The lowest BCUT2D eigenvalue weighted by Gasteiger charge is -2.29. The molecule has 2 aliphatic rings. The monoisotopic (exact) mass is 406 g/mol. The molecular formula is C22H30O7. The molecule has 0 saturated carbocycles. The van der Waals surface area contributed by atoms with Crippen molar-refractivity contribution in [3.05, 3.63) is 35.5 Å². The fraction of sp³-hybridized carbons (Fsp3) is 0.591. The van der Waals surface area contributed by atoms with Crippen molar-refractivity contribution in [2.24, 2.45) is 11.8 Å². The van der Waals surface area contributed by atoms with Gasteiger partial charge in [0.15, 0.2) is 0 Å². The molecule has 7 nitrogen and oxygen atoms in total. The molecule has 1 heterocycles. The minimum absolute atomic E-state index is 0.141. The Balaban J connectivity index is 2.49. The highest BCUT2D eigenvalue weighted by Gasteiger charge is 2.44. The molecule has 1 fully saturated rings. The first-order valence-corrected chi connectivity index (χ1v) is 9.87. The molecule has 2 rings (SSSR count). The third-order valence-corrected chi connectivity index (χ3v) is 5.52. The van der Waals surface area contributed by atoms with Crippen LogP contribution in [0.2, 0.25) is 0 Å². The molecule has 0 spiro atoms. The van der Waals surface area contributed by atoms with Gasteiger partial charge in [-0.25, -0.2) is 4.79 Å². The Kier molecular flexibility index (Phi) is 7.41. The van der Waals surface area contributed by atoms with Crippen LogP contribution in [0.4, 0.5) is 0 Å². The predicted octanol–water partition coefficient (Wildman–Crippen LogP) is 2.63. The van der Waals surface area contributed by atoms with Crippen molar-refractivity contribution in [3.8, 4) is 0 Å². The number of carbonyl (C=O) groups is 3. The summed E-state index contributed by atoms with van der Waals surface area (Å²) >= 11 is 0. The quantitative estimate of drug-likeness (QED) is 0.332. The van der Waals surface area contributed by atoms with Crippen LogP contribution in [0.1, 0.15) is 47.5 Å². The third kappa shape index (κ3) is 5.35. The van der Waals surface area contributed by atoms with Gasteiger partial charge in [-0.1, -0.05) is 20.4 Å². The van der Waals surface area contributed by atoms with E-state index in [1.165, 1.54) is 6.92 Å². The molecule has 0 bridgehead atoms. The average molecular weight is 406 g/mol. The highest BCUT2D eigenvalue weighted by Crippen LogP contribution is 2.36. The molecule has 1 saturated heterocycles. The maximum Gasteiger partial charge on any atom is 0.334 e. The van der Waals surface area contributed by atoms with Crippen molar-refractivity contribution in [3.63, 3.8) is 0 Å². The van der Waals surface area contributed by atoms with Gasteiger partial charge >= 0.3 is 17.9 Å². The van der Waals surface area contributed by atoms with Crippen molar-refractivity contribution < 1.29 is 33.7 Å². The zero-order valence-electron chi connectivity index (χ0n) is 17.6. The zero-order chi connectivity index (χ0) is 21.9. The Morgan fingerprint density at radius 2 is 1.93 bits per heavy atom. The summed E-state index contributed by atoms with van der Waals surface area (Å²) in [5, 5.41) is 10.6. The summed E-state index contributed by atoms with van der Waals surface area (Å²) in [4.78, 5) is 36.2. The van der Waals surface area contributed by atoms with E-state index in [2.05, 4.69) is 6.58 Å². The maximum absolute atomic E-state index is 12.5. The Morgan fingerprint density at radius 1 is 1.28 bits per heavy atom. The molecule has 0 radical (unpaired) electrons. The van der Waals surface area contributed by atoms with Crippen molar-refractivity contribution in [2.45, 2.75) is 71.9 Å². The topological polar surface area (TPSA) is 99.1 Å². The molecule has 1 aliphatic heterocycles. The molecule has 160 valence electrons. The van der Waals surface area contributed by atoms with Crippen LogP contribution in [0.5, 0.6) is 0 Å². The molecule has 0 aromatic carbocycles. The van der Waals surface area contributed by atoms with E-state index >= 15 is 0 Å². The minimum Gasteiger partial charge on any atom is -0.458 e. The van der Waals surface area contributed by atoms with E-state index in [-0.39, 0.29) is 17.9 Å². The first kappa shape index (κ1) is 22.9. The van der Waals surface area contributed by atoms with Gasteiger partial charge in [0.2, 0.25) is 0 Å². The largest absolute Gasteiger partial charge is 0.458 e. The number of esters is 3. The lowest BCUT2D eigenvalue weighted by molar-refractivity contribution is -0.154. The van der Waals surface area contributed by atoms with Gasteiger partial charge in [-0.2, -0.15) is 0 Å². The number of ether oxygens (including phenoxy) is 3. The number of aliphatic hydroxyl groups excluding tert-OH is 1. The first-order chi connectivity index (χ1) is 13.5. The standard InChI is InChI=1S/C22H30O7/c1-7-11(2)21(25)28-18-8-12(3)16(24)10-17(27-15(6)23)13(4)9-19-20(18)14(5)22(26)29-19/h8-9,11,16-20,24H,5,7,10H2,1-4,6H3/b12-8-,13-9-. The van der Waals surface area contributed by atoms with Gasteiger partial charge in [-0.3, -0.25) is 9.59 Å². The van der Waals surface area contributed by atoms with Crippen LogP contribution in [0.25, 0.3) is 0 Å².